The highest BCUT2D eigenvalue weighted by molar-refractivity contribution is 8.15. The number of aromatic nitrogens is 2. The molecule has 0 bridgehead atoms. The Kier molecular flexibility index (Phi) is 1.53. The van der Waals surface area contributed by atoms with Gasteiger partial charge in [-0.15, -0.1) is 0 Å². The van der Waals surface area contributed by atoms with Crippen LogP contribution in [0.15, 0.2) is 15.9 Å². The van der Waals surface area contributed by atoms with Gasteiger partial charge >= 0.3 is 0 Å². The van der Waals surface area contributed by atoms with E-state index in [-0.39, 0.29) is 10.9 Å². The molecular formula is C4H8N2OS. The third-order valence-electron chi connectivity index (χ3n) is 0.808. The molecule has 0 radical (unpaired) electrons. The first-order valence-electron chi connectivity index (χ1n) is 2.25. The van der Waals surface area contributed by atoms with Crippen LogP contribution in [0, 0.1) is 0 Å². The molecule has 0 fully saturated rings. The van der Waals surface area contributed by atoms with Crippen molar-refractivity contribution < 1.29 is 4.63 Å². The van der Waals surface area contributed by atoms with E-state index in [9.17, 15) is 0 Å². The summed E-state index contributed by atoms with van der Waals surface area (Å²) in [5.74, 6) is 0. The largest absolute Gasteiger partial charge is 0.243 e. The Hall–Kier alpha value is -0.510. The Bertz CT molecular complexity index is 149. The molecule has 1 aromatic rings. The first-order valence-corrected chi connectivity index (χ1v) is 4.49. The number of hydrogen-bond donors (Lipinski definition) is 1. The van der Waals surface area contributed by atoms with Crippen molar-refractivity contribution in [1.29, 1.82) is 0 Å². The van der Waals surface area contributed by atoms with E-state index < -0.39 is 0 Å². The minimum absolute atomic E-state index is 0.126. The highest BCUT2D eigenvalue weighted by Gasteiger charge is 1.96. The maximum Gasteiger partial charge on any atom is 0.141 e. The smallest absolute Gasteiger partial charge is 0.141 e. The summed E-state index contributed by atoms with van der Waals surface area (Å²) in [4.78, 5) is 0. The first kappa shape index (κ1) is 5.62. The molecule has 0 N–H and O–H groups in total. The third-order valence-corrected chi connectivity index (χ3v) is 1.92. The highest BCUT2D eigenvalue weighted by atomic mass is 32.2. The van der Waals surface area contributed by atoms with Gasteiger partial charge < -0.3 is 0 Å². The van der Waals surface area contributed by atoms with Crippen molar-refractivity contribution in [3.8, 4) is 0 Å². The van der Waals surface area contributed by atoms with Gasteiger partial charge in [-0.05, 0) is 17.7 Å². The van der Waals surface area contributed by atoms with Gasteiger partial charge in [-0.1, -0.05) is 5.16 Å². The molecule has 0 atom stereocenters. The molecule has 0 spiro atoms. The fraction of sp³-hybridized carbons (Fsp3) is 0.500. The first-order chi connectivity index (χ1) is 3.80. The molecule has 0 unspecified atom stereocenters. The summed E-state index contributed by atoms with van der Waals surface area (Å²) in [5, 5.41) is 8.10. The normalized spacial score (nSPS) is 11.5. The molecular weight excluding hydrogens is 124 g/mol. The Morgan fingerprint density at radius 3 is 2.62 bits per heavy atom. The monoisotopic (exact) mass is 132 g/mol. The average molecular weight is 132 g/mol. The van der Waals surface area contributed by atoms with Gasteiger partial charge in [0.1, 0.15) is 11.2 Å². The summed E-state index contributed by atoms with van der Waals surface area (Å²) in [5.41, 5.74) is 0. The van der Waals surface area contributed by atoms with E-state index in [0.29, 0.717) is 0 Å². The summed E-state index contributed by atoms with van der Waals surface area (Å²) in [6.07, 6.45) is 5.87. The zero-order valence-corrected chi connectivity index (χ0v) is 5.72. The maximum absolute atomic E-state index is 4.39. The molecule has 1 heterocycles. The molecule has 0 saturated carbocycles. The van der Waals surface area contributed by atoms with Crippen LogP contribution in [-0.2, 0) is 0 Å². The van der Waals surface area contributed by atoms with Crippen LogP contribution in [0.5, 0.6) is 0 Å². The zero-order valence-electron chi connectivity index (χ0n) is 4.83. The van der Waals surface area contributed by atoms with Gasteiger partial charge in [0.05, 0.1) is 0 Å². The summed E-state index contributed by atoms with van der Waals surface area (Å²) < 4.78 is 4.39. The quantitative estimate of drug-likeness (QED) is 0.571. The fourth-order valence-electron chi connectivity index (χ4n) is 0.357. The van der Waals surface area contributed by atoms with Gasteiger partial charge in [0, 0.05) is 0 Å². The second kappa shape index (κ2) is 2.17. The Morgan fingerprint density at radius 2 is 2.38 bits per heavy atom. The SMILES string of the molecule is C[SH](C)c1cnon1. The Balaban J connectivity index is 2.77. The zero-order chi connectivity index (χ0) is 5.98. The van der Waals surface area contributed by atoms with Gasteiger partial charge in [0.25, 0.3) is 0 Å². The fourth-order valence-corrected chi connectivity index (χ4v) is 0.835. The lowest BCUT2D eigenvalue weighted by molar-refractivity contribution is 0.298. The molecule has 1 rings (SSSR count). The van der Waals surface area contributed by atoms with Crippen LogP contribution in [0.3, 0.4) is 0 Å². The van der Waals surface area contributed by atoms with Crippen molar-refractivity contribution in [2.24, 2.45) is 0 Å². The summed E-state index contributed by atoms with van der Waals surface area (Å²) in [6.45, 7) is 0. The van der Waals surface area contributed by atoms with E-state index in [4.69, 9.17) is 0 Å². The predicted molar refractivity (Wildman–Crippen MR) is 33.4 cm³/mol. The average Bonchev–Trinajstić information content (AvgIpc) is 2.12. The Labute approximate surface area is 50.4 Å². The summed E-state index contributed by atoms with van der Waals surface area (Å²) in [7, 11) is -0.126. The molecule has 0 aliphatic heterocycles. The molecule has 1 aromatic heterocycles. The van der Waals surface area contributed by atoms with E-state index >= 15 is 0 Å². The lowest BCUT2D eigenvalue weighted by Gasteiger charge is -1.98. The topological polar surface area (TPSA) is 38.9 Å². The molecule has 0 aliphatic rings. The lowest BCUT2D eigenvalue weighted by atomic mass is 11.0. The van der Waals surface area contributed by atoms with Gasteiger partial charge in [0.2, 0.25) is 0 Å². The summed E-state index contributed by atoms with van der Waals surface area (Å²) in [6, 6.07) is 0. The molecule has 3 nitrogen and oxygen atoms in total. The molecule has 46 valence electrons. The number of hydrogen-bond acceptors (Lipinski definition) is 3. The van der Waals surface area contributed by atoms with Crippen LogP contribution in [-0.4, -0.2) is 22.8 Å². The molecule has 0 aliphatic carbocycles. The lowest BCUT2D eigenvalue weighted by Crippen LogP contribution is -1.73. The van der Waals surface area contributed by atoms with Crippen LogP contribution in [0.25, 0.3) is 0 Å². The van der Waals surface area contributed by atoms with Gasteiger partial charge in [0.15, 0.2) is 0 Å². The minimum Gasteiger partial charge on any atom is -0.243 e. The van der Waals surface area contributed by atoms with E-state index in [0.717, 1.165) is 5.03 Å². The second-order valence-corrected chi connectivity index (χ2v) is 3.91. The van der Waals surface area contributed by atoms with Crippen LogP contribution in [0.2, 0.25) is 0 Å². The van der Waals surface area contributed by atoms with Crippen molar-refractivity contribution in [3.05, 3.63) is 6.20 Å². The van der Waals surface area contributed by atoms with Crippen molar-refractivity contribution in [2.45, 2.75) is 5.03 Å². The predicted octanol–water partition coefficient (Wildman–Crippen LogP) is 0.689. The third kappa shape index (κ3) is 1.01. The highest BCUT2D eigenvalue weighted by Crippen LogP contribution is 2.23. The Morgan fingerprint density at radius 1 is 1.62 bits per heavy atom. The number of rotatable bonds is 1. The van der Waals surface area contributed by atoms with Crippen molar-refractivity contribution >= 4 is 10.9 Å². The van der Waals surface area contributed by atoms with E-state index in [2.05, 4.69) is 27.5 Å². The molecule has 0 aromatic carbocycles. The molecule has 0 amide bonds. The van der Waals surface area contributed by atoms with E-state index in [1.165, 1.54) is 0 Å². The summed E-state index contributed by atoms with van der Waals surface area (Å²) >= 11 is 0. The van der Waals surface area contributed by atoms with E-state index in [1.54, 1.807) is 6.20 Å². The maximum atomic E-state index is 4.39. The second-order valence-electron chi connectivity index (χ2n) is 1.66. The van der Waals surface area contributed by atoms with Crippen molar-refractivity contribution in [3.63, 3.8) is 0 Å². The van der Waals surface area contributed by atoms with Crippen molar-refractivity contribution in [2.75, 3.05) is 12.5 Å². The minimum atomic E-state index is -0.126. The van der Waals surface area contributed by atoms with Gasteiger partial charge in [-0.25, -0.2) is 15.5 Å². The molecule has 8 heavy (non-hydrogen) atoms. The molecule has 0 saturated heterocycles. The standard InChI is InChI=1S/C4H8N2OS/c1-8(2)4-3-5-7-6-4/h3,8H,1-2H3. The van der Waals surface area contributed by atoms with Crippen LogP contribution < -0.4 is 0 Å². The van der Waals surface area contributed by atoms with Crippen LogP contribution in [0.1, 0.15) is 0 Å². The number of thiol groups is 1. The molecule has 4 heteroatoms. The van der Waals surface area contributed by atoms with Crippen molar-refractivity contribution in [1.82, 2.24) is 10.3 Å². The van der Waals surface area contributed by atoms with Crippen LogP contribution >= 0.6 is 10.9 Å². The van der Waals surface area contributed by atoms with Crippen LogP contribution in [0.4, 0.5) is 0 Å². The van der Waals surface area contributed by atoms with Gasteiger partial charge in [-0.3, -0.25) is 0 Å². The number of nitrogens with zero attached hydrogens (tertiary/aromatic N) is 2. The van der Waals surface area contributed by atoms with E-state index in [1.807, 2.05) is 0 Å². The van der Waals surface area contributed by atoms with Gasteiger partial charge in [-0.2, -0.15) is 0 Å².